The van der Waals surface area contributed by atoms with E-state index in [9.17, 15) is 15.3 Å². The SMILES string of the molecule is Cc1oc(-c2ccc(C(=O)O)cc2)nc1CSc1nc(N)c(C#N)c(-c2ccc(OCCO)cc2)c1C#N. The molecule has 0 amide bonds. The molecule has 2 heterocycles. The second kappa shape index (κ2) is 11.5. The first-order valence-corrected chi connectivity index (χ1v) is 12.3. The van der Waals surface area contributed by atoms with Crippen molar-refractivity contribution < 1.29 is 24.2 Å². The number of pyridine rings is 1. The molecule has 4 N–H and O–H groups in total. The number of aromatic carboxylic acids is 1. The van der Waals surface area contributed by atoms with Crippen molar-refractivity contribution in [3.8, 4) is 40.5 Å². The van der Waals surface area contributed by atoms with Crippen LogP contribution in [0.5, 0.6) is 5.75 Å². The van der Waals surface area contributed by atoms with Gasteiger partial charge in [0.15, 0.2) is 0 Å². The molecule has 2 aromatic heterocycles. The first kappa shape index (κ1) is 26.2. The average molecular weight is 528 g/mol. The lowest BCUT2D eigenvalue weighted by Gasteiger charge is -2.13. The van der Waals surface area contributed by atoms with Crippen molar-refractivity contribution in [1.29, 1.82) is 10.5 Å². The number of anilines is 1. The molecule has 4 rings (SSSR count). The highest BCUT2D eigenvalue weighted by molar-refractivity contribution is 7.98. The van der Waals surface area contributed by atoms with Crippen LogP contribution in [0.25, 0.3) is 22.6 Å². The minimum Gasteiger partial charge on any atom is -0.491 e. The summed E-state index contributed by atoms with van der Waals surface area (Å²) >= 11 is 1.23. The molecule has 0 aliphatic heterocycles. The molecule has 4 aromatic rings. The number of nitrogen functional groups attached to an aromatic ring is 1. The Morgan fingerprint density at radius 3 is 2.32 bits per heavy atom. The summed E-state index contributed by atoms with van der Waals surface area (Å²) in [5.74, 6) is 0.723. The topological polar surface area (TPSA) is 179 Å². The van der Waals surface area contributed by atoms with Crippen molar-refractivity contribution in [3.05, 3.63) is 76.7 Å². The van der Waals surface area contributed by atoms with Crippen LogP contribution in [-0.2, 0) is 5.75 Å². The third kappa shape index (κ3) is 5.44. The fourth-order valence-corrected chi connectivity index (χ4v) is 4.65. The van der Waals surface area contributed by atoms with Gasteiger partial charge < -0.3 is 25.1 Å². The summed E-state index contributed by atoms with van der Waals surface area (Å²) in [6, 6.07) is 17.2. The maximum Gasteiger partial charge on any atom is 0.335 e. The van der Waals surface area contributed by atoms with Gasteiger partial charge in [0.1, 0.15) is 46.7 Å². The number of carboxylic acids is 1. The Bertz CT molecular complexity index is 1570. The van der Waals surface area contributed by atoms with Crippen LogP contribution in [0.3, 0.4) is 0 Å². The van der Waals surface area contributed by atoms with Crippen molar-refractivity contribution in [2.45, 2.75) is 17.7 Å². The number of aliphatic hydroxyl groups excluding tert-OH is 1. The van der Waals surface area contributed by atoms with Crippen LogP contribution >= 0.6 is 11.8 Å². The molecule has 38 heavy (non-hydrogen) atoms. The summed E-state index contributed by atoms with van der Waals surface area (Å²) in [7, 11) is 0. The van der Waals surface area contributed by atoms with Gasteiger partial charge in [-0.15, -0.1) is 0 Å². The molecule has 0 saturated carbocycles. The van der Waals surface area contributed by atoms with Gasteiger partial charge in [0.05, 0.1) is 23.4 Å². The number of thioether (sulfide) groups is 1. The second-order valence-corrected chi connectivity index (χ2v) is 8.90. The molecule has 0 radical (unpaired) electrons. The molecule has 0 spiro atoms. The number of carboxylic acid groups (broad SMARTS) is 1. The Kier molecular flexibility index (Phi) is 7.92. The number of carbonyl (C=O) groups is 1. The smallest absolute Gasteiger partial charge is 0.335 e. The molecule has 0 aliphatic rings. The molecule has 10 nitrogen and oxygen atoms in total. The van der Waals surface area contributed by atoms with Crippen molar-refractivity contribution in [2.75, 3.05) is 18.9 Å². The van der Waals surface area contributed by atoms with E-state index in [0.717, 1.165) is 0 Å². The number of nitrogens with two attached hydrogens (primary N) is 1. The summed E-state index contributed by atoms with van der Waals surface area (Å²) in [5.41, 5.74) is 8.78. The Labute approximate surface area is 222 Å². The van der Waals surface area contributed by atoms with E-state index in [1.54, 1.807) is 43.3 Å². The minimum absolute atomic E-state index is 0.000640. The van der Waals surface area contributed by atoms with Crippen LogP contribution in [0.4, 0.5) is 5.82 Å². The lowest BCUT2D eigenvalue weighted by molar-refractivity contribution is 0.0697. The van der Waals surface area contributed by atoms with Gasteiger partial charge in [-0.05, 0) is 48.9 Å². The van der Waals surface area contributed by atoms with E-state index in [0.29, 0.717) is 50.6 Å². The number of hydrogen-bond donors (Lipinski definition) is 3. The molecule has 0 aliphatic carbocycles. The lowest BCUT2D eigenvalue weighted by atomic mass is 9.97. The van der Waals surface area contributed by atoms with E-state index in [4.69, 9.17) is 25.1 Å². The van der Waals surface area contributed by atoms with Gasteiger partial charge in [-0.3, -0.25) is 0 Å². The third-order valence-electron chi connectivity index (χ3n) is 5.54. The van der Waals surface area contributed by atoms with Gasteiger partial charge >= 0.3 is 5.97 Å². The minimum atomic E-state index is -1.02. The first-order chi connectivity index (χ1) is 18.4. The number of aromatic nitrogens is 2. The summed E-state index contributed by atoms with van der Waals surface area (Å²) in [5, 5.41) is 38.2. The Balaban J connectivity index is 1.64. The Hall–Kier alpha value is -4.84. The van der Waals surface area contributed by atoms with Gasteiger partial charge in [-0.25, -0.2) is 14.8 Å². The summed E-state index contributed by atoms with van der Waals surface area (Å²) < 4.78 is 11.2. The summed E-state index contributed by atoms with van der Waals surface area (Å²) in [6.45, 7) is 1.78. The number of aliphatic hydroxyl groups is 1. The number of hydrogen-bond acceptors (Lipinski definition) is 10. The zero-order valence-electron chi connectivity index (χ0n) is 20.1. The number of rotatable bonds is 9. The second-order valence-electron chi connectivity index (χ2n) is 7.94. The zero-order chi connectivity index (χ0) is 27.2. The largest absolute Gasteiger partial charge is 0.491 e. The number of oxazole rings is 1. The van der Waals surface area contributed by atoms with E-state index >= 15 is 0 Å². The number of benzene rings is 2. The van der Waals surface area contributed by atoms with E-state index in [1.165, 1.54) is 23.9 Å². The van der Waals surface area contributed by atoms with Crippen LogP contribution in [-0.4, -0.2) is 39.4 Å². The fourth-order valence-electron chi connectivity index (χ4n) is 3.65. The summed E-state index contributed by atoms with van der Waals surface area (Å²) in [6.07, 6.45) is 0. The van der Waals surface area contributed by atoms with Crippen LogP contribution in [0.1, 0.15) is 32.9 Å². The molecule has 0 bridgehead atoms. The van der Waals surface area contributed by atoms with Gasteiger partial charge in [-0.2, -0.15) is 10.5 Å². The molecular weight excluding hydrogens is 506 g/mol. The highest BCUT2D eigenvalue weighted by Crippen LogP contribution is 2.37. The number of aryl methyl sites for hydroxylation is 1. The zero-order valence-corrected chi connectivity index (χ0v) is 21.0. The van der Waals surface area contributed by atoms with Crippen molar-refractivity contribution >= 4 is 23.5 Å². The molecule has 11 heteroatoms. The molecule has 2 aromatic carbocycles. The third-order valence-corrected chi connectivity index (χ3v) is 6.52. The van der Waals surface area contributed by atoms with Crippen LogP contribution in [0.2, 0.25) is 0 Å². The predicted molar refractivity (Wildman–Crippen MR) is 139 cm³/mol. The van der Waals surface area contributed by atoms with E-state index < -0.39 is 5.97 Å². The van der Waals surface area contributed by atoms with Gasteiger partial charge in [-0.1, -0.05) is 23.9 Å². The molecule has 0 fully saturated rings. The van der Waals surface area contributed by atoms with Crippen LogP contribution in [0.15, 0.2) is 58.0 Å². The molecule has 0 atom stereocenters. The normalized spacial score (nSPS) is 10.5. The lowest BCUT2D eigenvalue weighted by Crippen LogP contribution is -2.04. The maximum atomic E-state index is 11.1. The predicted octanol–water partition coefficient (Wildman–Crippen LogP) is 4.40. The highest BCUT2D eigenvalue weighted by atomic mass is 32.2. The van der Waals surface area contributed by atoms with Gasteiger partial charge in [0.25, 0.3) is 0 Å². The van der Waals surface area contributed by atoms with E-state index in [2.05, 4.69) is 22.1 Å². The fraction of sp³-hybridized carbons (Fsp3) is 0.148. The molecular formula is C27H21N5O5S. The van der Waals surface area contributed by atoms with Crippen LogP contribution in [0, 0.1) is 29.6 Å². The number of ether oxygens (including phenoxy) is 1. The number of nitrogens with zero attached hydrogens (tertiary/aromatic N) is 4. The molecule has 0 saturated heterocycles. The standard InChI is InChI=1S/C27H21N5O5S/c1-15-22(31-25(37-15)17-2-4-18(5-3-17)27(34)35)14-38-26-21(13-29)23(20(12-28)24(30)32-26)16-6-8-19(9-7-16)36-11-10-33/h2-9,33H,10-11,14H2,1H3,(H2,30,32)(H,34,35). The first-order valence-electron chi connectivity index (χ1n) is 11.3. The monoisotopic (exact) mass is 527 g/mol. The maximum absolute atomic E-state index is 11.1. The van der Waals surface area contributed by atoms with E-state index in [1.807, 2.05) is 0 Å². The van der Waals surface area contributed by atoms with Crippen molar-refractivity contribution in [2.24, 2.45) is 0 Å². The van der Waals surface area contributed by atoms with Gasteiger partial charge in [0, 0.05) is 16.9 Å². The van der Waals surface area contributed by atoms with Crippen molar-refractivity contribution in [1.82, 2.24) is 9.97 Å². The molecule has 190 valence electrons. The quantitative estimate of drug-likeness (QED) is 0.263. The summed E-state index contributed by atoms with van der Waals surface area (Å²) in [4.78, 5) is 20.0. The average Bonchev–Trinajstić information content (AvgIpc) is 3.30. The Morgan fingerprint density at radius 1 is 1.05 bits per heavy atom. The molecule has 0 unspecified atom stereocenters. The number of nitriles is 2. The van der Waals surface area contributed by atoms with Crippen LogP contribution < -0.4 is 10.5 Å². The van der Waals surface area contributed by atoms with Crippen molar-refractivity contribution in [3.63, 3.8) is 0 Å². The van der Waals surface area contributed by atoms with Gasteiger partial charge in [0.2, 0.25) is 5.89 Å². The Morgan fingerprint density at radius 2 is 1.71 bits per heavy atom. The highest BCUT2D eigenvalue weighted by Gasteiger charge is 2.22. The van der Waals surface area contributed by atoms with E-state index in [-0.39, 0.29) is 35.7 Å².